The standard InChI is InChI=1S/C11H22O2S.C9H21NO3S.C9H19NO2S.C7H16O3S.C6H13NO2S/c1-10(2)8-14(12,13)9-11-6-4-3-5-7-11;1-4-5-6-13-7-8-14(11,12)10-9(2)3;1-8(2)10-13(11,12)7-9-5-3-4-6-9;1-7(2)6-11(8,9)5-4-10-3;1-5(2)7-10(8,9)6-3-4-6/h10-11H,3-9H2,1-2H3;9-10H,4-8H2,1-3H3;8-10H,3-7H2,1-2H3;7H,4-6H2,1-3H3;5-7H,3-4H2,1-2H3. The van der Waals surface area contributed by atoms with Crippen LogP contribution < -0.4 is 14.2 Å². The van der Waals surface area contributed by atoms with E-state index in [1.807, 2.05) is 55.4 Å². The predicted octanol–water partition coefficient (Wildman–Crippen LogP) is 6.45. The van der Waals surface area contributed by atoms with Gasteiger partial charge in [0.1, 0.15) is 0 Å². The van der Waals surface area contributed by atoms with E-state index in [-0.39, 0.29) is 59.1 Å². The Hall–Kier alpha value is -0.450. The van der Waals surface area contributed by atoms with E-state index < -0.39 is 49.7 Å². The molecule has 0 aliphatic heterocycles. The zero-order valence-corrected chi connectivity index (χ0v) is 44.7. The van der Waals surface area contributed by atoms with Crippen molar-refractivity contribution in [2.45, 2.75) is 183 Å². The van der Waals surface area contributed by atoms with E-state index >= 15 is 0 Å². The lowest BCUT2D eigenvalue weighted by atomic mass is 9.91. The highest BCUT2D eigenvalue weighted by molar-refractivity contribution is 7.91. The van der Waals surface area contributed by atoms with Gasteiger partial charge in [-0.25, -0.2) is 56.3 Å². The van der Waals surface area contributed by atoms with Crippen LogP contribution in [-0.4, -0.2) is 127 Å². The number of ether oxygens (including phenoxy) is 2. The summed E-state index contributed by atoms with van der Waals surface area (Å²) in [4.78, 5) is 0. The smallest absolute Gasteiger partial charge is 0.214 e. The van der Waals surface area contributed by atoms with Crippen molar-refractivity contribution < 1.29 is 51.6 Å². The summed E-state index contributed by atoms with van der Waals surface area (Å²) in [5.41, 5.74) is 0. The average molecular weight is 991 g/mol. The van der Waals surface area contributed by atoms with Crippen LogP contribution in [0.15, 0.2) is 0 Å². The van der Waals surface area contributed by atoms with E-state index in [0.717, 1.165) is 51.4 Å². The highest BCUT2D eigenvalue weighted by Gasteiger charge is 2.35. The van der Waals surface area contributed by atoms with E-state index in [1.165, 1.54) is 39.2 Å². The summed E-state index contributed by atoms with van der Waals surface area (Å²) in [5, 5.41) is -0.0881. The molecule has 0 atom stereocenters. The fourth-order valence-electron chi connectivity index (χ4n) is 6.72. The first-order chi connectivity index (χ1) is 28.5. The molecule has 3 N–H and O–H groups in total. The number of hydrogen-bond acceptors (Lipinski definition) is 12. The molecule has 0 heterocycles. The molecule has 0 saturated heterocycles. The second kappa shape index (κ2) is 33.1. The number of hydrogen-bond donors (Lipinski definition) is 3. The Kier molecular flexibility index (Phi) is 34.0. The van der Waals surface area contributed by atoms with E-state index in [1.54, 1.807) is 13.8 Å². The van der Waals surface area contributed by atoms with Gasteiger partial charge in [-0.3, -0.25) is 0 Å². The molecule has 3 rings (SSSR count). The Morgan fingerprint density at radius 3 is 1.35 bits per heavy atom. The van der Waals surface area contributed by atoms with Crippen LogP contribution in [-0.2, 0) is 59.2 Å². The zero-order chi connectivity index (χ0) is 48.2. The third-order valence-electron chi connectivity index (χ3n) is 9.25. The van der Waals surface area contributed by atoms with Crippen LogP contribution in [0.4, 0.5) is 0 Å². The summed E-state index contributed by atoms with van der Waals surface area (Å²) in [6, 6.07) is 0.00708. The van der Waals surface area contributed by atoms with Crippen molar-refractivity contribution in [3.05, 3.63) is 0 Å². The molecule has 3 fully saturated rings. The van der Waals surface area contributed by atoms with E-state index in [0.29, 0.717) is 42.3 Å². The second-order valence-corrected chi connectivity index (χ2v) is 28.8. The van der Waals surface area contributed by atoms with Crippen LogP contribution in [0.5, 0.6) is 0 Å². The summed E-state index contributed by atoms with van der Waals surface area (Å²) in [5.74, 6) is 2.90. The summed E-state index contributed by atoms with van der Waals surface area (Å²) in [6.07, 6.45) is 14.3. The maximum atomic E-state index is 11.7. The fourth-order valence-corrected chi connectivity index (χ4v) is 15.1. The highest BCUT2D eigenvalue weighted by atomic mass is 32.2. The van der Waals surface area contributed by atoms with Crippen LogP contribution in [0.25, 0.3) is 0 Å². The molecule has 3 saturated carbocycles. The Morgan fingerprint density at radius 1 is 0.500 bits per heavy atom. The summed E-state index contributed by atoms with van der Waals surface area (Å²) < 4.78 is 131. The van der Waals surface area contributed by atoms with Gasteiger partial charge in [-0.1, -0.05) is 73.1 Å². The molecule has 3 aliphatic carbocycles. The molecule has 376 valence electrons. The molecular weight excluding hydrogens is 899 g/mol. The van der Waals surface area contributed by atoms with Crippen molar-refractivity contribution in [3.63, 3.8) is 0 Å². The van der Waals surface area contributed by atoms with Crippen LogP contribution in [0, 0.1) is 23.7 Å². The average Bonchev–Trinajstić information content (AvgIpc) is 3.84. The summed E-state index contributed by atoms with van der Waals surface area (Å²) >= 11 is 0. The molecule has 62 heavy (non-hydrogen) atoms. The van der Waals surface area contributed by atoms with Crippen LogP contribution in [0.2, 0.25) is 0 Å². The maximum absolute atomic E-state index is 11.7. The molecule has 3 aliphatic rings. The summed E-state index contributed by atoms with van der Waals surface area (Å²) in [6.45, 7) is 22.0. The van der Waals surface area contributed by atoms with Gasteiger partial charge in [0, 0.05) is 31.8 Å². The predicted molar refractivity (Wildman–Crippen MR) is 257 cm³/mol. The van der Waals surface area contributed by atoms with Crippen molar-refractivity contribution in [1.82, 2.24) is 14.2 Å². The third kappa shape index (κ3) is 39.9. The lowest BCUT2D eigenvalue weighted by Crippen LogP contribution is -2.34. The van der Waals surface area contributed by atoms with Gasteiger partial charge >= 0.3 is 0 Å². The van der Waals surface area contributed by atoms with E-state index in [4.69, 9.17) is 4.74 Å². The van der Waals surface area contributed by atoms with E-state index in [2.05, 4.69) is 25.8 Å². The van der Waals surface area contributed by atoms with Gasteiger partial charge < -0.3 is 9.47 Å². The first-order valence-electron chi connectivity index (χ1n) is 23.0. The molecular formula is C42H91N3O12S5. The molecule has 0 unspecified atom stereocenters. The van der Waals surface area contributed by atoms with E-state index in [9.17, 15) is 42.1 Å². The van der Waals surface area contributed by atoms with Crippen LogP contribution in [0.1, 0.15) is 160 Å². The Morgan fingerprint density at radius 2 is 0.935 bits per heavy atom. The molecule has 15 nitrogen and oxygen atoms in total. The summed E-state index contributed by atoms with van der Waals surface area (Å²) in [7, 11) is -13.2. The first-order valence-corrected chi connectivity index (χ1v) is 31.4. The Balaban J connectivity index is 0. The molecule has 0 aromatic heterocycles. The number of methoxy groups -OCH3 is 1. The number of unbranched alkanes of at least 4 members (excludes halogenated alkanes) is 1. The molecule has 0 radical (unpaired) electrons. The van der Waals surface area contributed by atoms with Gasteiger partial charge in [0.2, 0.25) is 30.1 Å². The number of rotatable bonds is 24. The second-order valence-electron chi connectivity index (χ2n) is 18.8. The fraction of sp³-hybridized carbons (Fsp3) is 1.00. The van der Waals surface area contributed by atoms with Gasteiger partial charge in [-0.2, -0.15) is 0 Å². The van der Waals surface area contributed by atoms with Gasteiger partial charge in [0.15, 0.2) is 19.7 Å². The van der Waals surface area contributed by atoms with Gasteiger partial charge in [-0.05, 0) is 110 Å². The maximum Gasteiger partial charge on any atom is 0.214 e. The number of nitrogens with one attached hydrogen (secondary N) is 3. The quantitative estimate of drug-likeness (QED) is 0.0888. The normalized spacial score (nSPS) is 16.9. The van der Waals surface area contributed by atoms with Crippen molar-refractivity contribution in [2.75, 3.05) is 61.4 Å². The SMILES string of the molecule is CC(C)CS(=O)(=O)CC1CCCCC1.CC(C)NS(=O)(=O)C1CC1.CC(C)NS(=O)(=O)CC1CCCC1.CCCCOCCS(=O)(=O)NC(C)C.COCCS(=O)(=O)CC(C)C. The minimum atomic E-state index is -3.14. The van der Waals surface area contributed by atoms with Crippen molar-refractivity contribution in [2.24, 2.45) is 23.7 Å². The van der Waals surface area contributed by atoms with Gasteiger partial charge in [-0.15, -0.1) is 0 Å². The van der Waals surface area contributed by atoms with Crippen molar-refractivity contribution in [1.29, 1.82) is 0 Å². The highest BCUT2D eigenvalue weighted by Crippen LogP contribution is 2.28. The first kappa shape index (κ1) is 63.6. The van der Waals surface area contributed by atoms with Crippen LogP contribution >= 0.6 is 0 Å². The monoisotopic (exact) mass is 990 g/mol. The lowest BCUT2D eigenvalue weighted by molar-refractivity contribution is 0.145. The van der Waals surface area contributed by atoms with Crippen LogP contribution in [0.3, 0.4) is 0 Å². The topological polar surface area (TPSA) is 225 Å². The molecule has 0 aromatic carbocycles. The molecule has 0 amide bonds. The zero-order valence-electron chi connectivity index (χ0n) is 40.6. The number of sulfone groups is 2. The third-order valence-corrected chi connectivity index (χ3v) is 18.8. The van der Waals surface area contributed by atoms with Gasteiger partial charge in [0.05, 0.1) is 53.0 Å². The number of sulfonamides is 3. The largest absolute Gasteiger partial charge is 0.384 e. The molecule has 0 spiro atoms. The molecule has 0 bridgehead atoms. The molecule has 20 heteroatoms. The van der Waals surface area contributed by atoms with Crippen molar-refractivity contribution in [3.8, 4) is 0 Å². The van der Waals surface area contributed by atoms with Crippen molar-refractivity contribution >= 4 is 49.7 Å². The Bertz CT molecular complexity index is 1690. The minimum absolute atomic E-state index is 0.0198. The lowest BCUT2D eigenvalue weighted by Gasteiger charge is -2.21. The molecule has 0 aromatic rings. The minimum Gasteiger partial charge on any atom is -0.384 e. The van der Waals surface area contributed by atoms with Gasteiger partial charge in [0.25, 0.3) is 0 Å². The Labute approximate surface area is 381 Å².